The van der Waals surface area contributed by atoms with Crippen molar-refractivity contribution in [3.8, 4) is 0 Å². The third-order valence-corrected chi connectivity index (χ3v) is 3.82. The Balaban J connectivity index is 3.63. The first kappa shape index (κ1) is 14.2. The molecule has 94 valence electrons. The summed E-state index contributed by atoms with van der Waals surface area (Å²) in [5.74, 6) is 0. The van der Waals surface area contributed by atoms with Gasteiger partial charge in [0, 0.05) is 16.7 Å². The predicted molar refractivity (Wildman–Crippen MR) is 56.6 cm³/mol. The van der Waals surface area contributed by atoms with Gasteiger partial charge in [0.1, 0.15) is 9.50 Å². The molecule has 0 amide bonds. The molecule has 0 radical (unpaired) electrons. The van der Waals surface area contributed by atoms with Gasteiger partial charge in [0.05, 0.1) is 4.92 Å². The lowest BCUT2D eigenvalue weighted by atomic mass is 10.3. The summed E-state index contributed by atoms with van der Waals surface area (Å²) in [5.41, 5.74) is -2.24. The van der Waals surface area contributed by atoms with Crippen LogP contribution in [0.15, 0.2) is 15.6 Å². The van der Waals surface area contributed by atoms with Crippen molar-refractivity contribution in [3.05, 3.63) is 26.5 Å². The summed E-state index contributed by atoms with van der Waals surface area (Å²) in [6.45, 7) is 0. The molecule has 0 aliphatic rings. The van der Waals surface area contributed by atoms with Crippen LogP contribution in [0.2, 0.25) is 0 Å². The fraction of sp³-hybridized carbons (Fsp3) is 0.167. The van der Waals surface area contributed by atoms with Crippen LogP contribution in [0.25, 0.3) is 0 Å². The van der Waals surface area contributed by atoms with Crippen molar-refractivity contribution in [1.29, 1.82) is 0 Å². The van der Waals surface area contributed by atoms with Gasteiger partial charge in [-0.1, -0.05) is 0 Å². The largest absolute Gasteiger partial charge is 0.298 e. The molecule has 17 heavy (non-hydrogen) atoms. The molecule has 1 rings (SSSR count). The highest BCUT2D eigenvalue weighted by Gasteiger charge is 2.29. The SMILES string of the molecule is O=[N+]([O-])c1cc(S(=O)(=O)Cl)c(Br)nc1C(F)F. The fourth-order valence-corrected chi connectivity index (χ4v) is 3.03. The van der Waals surface area contributed by atoms with Gasteiger partial charge >= 0.3 is 0 Å². The van der Waals surface area contributed by atoms with E-state index in [1.165, 1.54) is 0 Å². The van der Waals surface area contributed by atoms with Gasteiger partial charge in [0.25, 0.3) is 21.2 Å². The number of halogens is 4. The van der Waals surface area contributed by atoms with E-state index in [0.717, 1.165) is 0 Å². The van der Waals surface area contributed by atoms with Gasteiger partial charge < -0.3 is 0 Å². The second-order valence-corrected chi connectivity index (χ2v) is 5.96. The minimum atomic E-state index is -4.32. The molecule has 0 saturated carbocycles. The maximum absolute atomic E-state index is 12.4. The first-order valence-electron chi connectivity index (χ1n) is 3.72. The zero-order valence-corrected chi connectivity index (χ0v) is 10.8. The lowest BCUT2D eigenvalue weighted by molar-refractivity contribution is -0.386. The third kappa shape index (κ3) is 3.07. The number of pyridine rings is 1. The van der Waals surface area contributed by atoms with Crippen molar-refractivity contribution >= 4 is 41.4 Å². The normalized spacial score (nSPS) is 11.8. The summed E-state index contributed by atoms with van der Waals surface area (Å²) >= 11 is 2.60. The third-order valence-electron chi connectivity index (χ3n) is 1.62. The quantitative estimate of drug-likeness (QED) is 0.361. The Morgan fingerprint density at radius 3 is 2.41 bits per heavy atom. The molecule has 1 aromatic rings. The molecular formula is C6H2BrClF2N2O4S. The van der Waals surface area contributed by atoms with E-state index < -0.39 is 41.3 Å². The molecule has 0 aliphatic heterocycles. The van der Waals surface area contributed by atoms with E-state index >= 15 is 0 Å². The number of alkyl halides is 2. The molecule has 0 atom stereocenters. The summed E-state index contributed by atoms with van der Waals surface area (Å²) in [7, 11) is 0.646. The number of nitro groups is 1. The highest BCUT2D eigenvalue weighted by atomic mass is 79.9. The Bertz CT molecular complexity index is 580. The molecule has 0 N–H and O–H groups in total. The Morgan fingerprint density at radius 2 is 2.06 bits per heavy atom. The minimum Gasteiger partial charge on any atom is -0.258 e. The smallest absolute Gasteiger partial charge is 0.258 e. The molecule has 0 aromatic carbocycles. The number of rotatable bonds is 3. The first-order chi connectivity index (χ1) is 7.64. The molecule has 0 saturated heterocycles. The van der Waals surface area contributed by atoms with Gasteiger partial charge in [-0.3, -0.25) is 10.1 Å². The molecule has 0 bridgehead atoms. The highest BCUT2D eigenvalue weighted by molar-refractivity contribution is 9.10. The van der Waals surface area contributed by atoms with E-state index in [2.05, 4.69) is 20.9 Å². The van der Waals surface area contributed by atoms with Gasteiger partial charge in [-0.05, 0) is 15.9 Å². The lowest BCUT2D eigenvalue weighted by Crippen LogP contribution is -2.04. The van der Waals surface area contributed by atoms with Crippen LogP contribution in [0.4, 0.5) is 14.5 Å². The average Bonchev–Trinajstić information content (AvgIpc) is 2.14. The molecule has 0 fully saturated rings. The van der Waals surface area contributed by atoms with Crippen LogP contribution in [0.3, 0.4) is 0 Å². The lowest BCUT2D eigenvalue weighted by Gasteiger charge is -2.04. The van der Waals surface area contributed by atoms with Crippen LogP contribution >= 0.6 is 26.6 Å². The van der Waals surface area contributed by atoms with Crippen molar-refractivity contribution in [2.45, 2.75) is 11.3 Å². The summed E-state index contributed by atoms with van der Waals surface area (Å²) in [6.07, 6.45) is -3.21. The maximum Gasteiger partial charge on any atom is 0.298 e. The molecule has 11 heteroatoms. The molecule has 0 spiro atoms. The Kier molecular flexibility index (Phi) is 3.99. The molecule has 6 nitrogen and oxygen atoms in total. The van der Waals surface area contributed by atoms with Crippen molar-refractivity contribution in [1.82, 2.24) is 4.98 Å². The van der Waals surface area contributed by atoms with Crippen molar-refractivity contribution < 1.29 is 22.1 Å². The van der Waals surface area contributed by atoms with E-state index in [-0.39, 0.29) is 0 Å². The average molecular weight is 352 g/mol. The van der Waals surface area contributed by atoms with Crippen LogP contribution in [-0.2, 0) is 9.05 Å². The van der Waals surface area contributed by atoms with Gasteiger partial charge in [-0.25, -0.2) is 22.2 Å². The summed E-state index contributed by atoms with van der Waals surface area (Å²) in [6, 6.07) is 0.431. The second kappa shape index (κ2) is 4.78. The van der Waals surface area contributed by atoms with Gasteiger partial charge in [-0.15, -0.1) is 0 Å². The number of hydrogen-bond acceptors (Lipinski definition) is 5. The zero-order chi connectivity index (χ0) is 13.4. The van der Waals surface area contributed by atoms with Gasteiger partial charge in [0.15, 0.2) is 5.69 Å². The molecular weight excluding hydrogens is 349 g/mol. The second-order valence-electron chi connectivity index (χ2n) is 2.68. The van der Waals surface area contributed by atoms with E-state index in [4.69, 9.17) is 10.7 Å². The van der Waals surface area contributed by atoms with Crippen molar-refractivity contribution in [2.75, 3.05) is 0 Å². The molecule has 1 heterocycles. The van der Waals surface area contributed by atoms with Crippen LogP contribution in [0.5, 0.6) is 0 Å². The predicted octanol–water partition coefficient (Wildman–Crippen LogP) is 2.62. The summed E-state index contributed by atoms with van der Waals surface area (Å²) in [5, 5.41) is 10.5. The van der Waals surface area contributed by atoms with Gasteiger partial charge in [0.2, 0.25) is 0 Å². The van der Waals surface area contributed by atoms with Crippen LogP contribution < -0.4 is 0 Å². The van der Waals surface area contributed by atoms with Gasteiger partial charge in [-0.2, -0.15) is 0 Å². The number of hydrogen-bond donors (Lipinski definition) is 0. The Morgan fingerprint density at radius 1 is 1.53 bits per heavy atom. The van der Waals surface area contributed by atoms with Crippen LogP contribution in [0, 0.1) is 10.1 Å². The first-order valence-corrected chi connectivity index (χ1v) is 6.82. The number of aromatic nitrogens is 1. The minimum absolute atomic E-state index is 0.431. The molecule has 0 aliphatic carbocycles. The van der Waals surface area contributed by atoms with E-state index in [9.17, 15) is 27.3 Å². The maximum atomic E-state index is 12.4. The van der Waals surface area contributed by atoms with E-state index in [1.54, 1.807) is 0 Å². The monoisotopic (exact) mass is 350 g/mol. The van der Waals surface area contributed by atoms with Crippen LogP contribution in [-0.4, -0.2) is 18.3 Å². The number of nitrogens with zero attached hydrogens (tertiary/aromatic N) is 2. The standard InChI is InChI=1S/C6H2BrClF2N2O4S/c7-5-3(17(8,15)16)1-2(12(13)14)4(11-5)6(9)10/h1,6H. The van der Waals surface area contributed by atoms with Crippen molar-refractivity contribution in [3.63, 3.8) is 0 Å². The van der Waals surface area contributed by atoms with E-state index in [0.29, 0.717) is 6.07 Å². The summed E-state index contributed by atoms with van der Waals surface area (Å²) in [4.78, 5) is 11.7. The highest BCUT2D eigenvalue weighted by Crippen LogP contribution is 2.33. The Hall–Kier alpha value is -0.870. The molecule has 0 unspecified atom stereocenters. The molecule has 1 aromatic heterocycles. The van der Waals surface area contributed by atoms with Crippen molar-refractivity contribution in [2.24, 2.45) is 0 Å². The Labute approximate surface area is 106 Å². The topological polar surface area (TPSA) is 90.2 Å². The van der Waals surface area contributed by atoms with Crippen LogP contribution in [0.1, 0.15) is 12.1 Å². The summed E-state index contributed by atoms with van der Waals surface area (Å²) < 4.78 is 46.3. The zero-order valence-electron chi connectivity index (χ0n) is 7.60. The van der Waals surface area contributed by atoms with E-state index in [1.807, 2.05) is 0 Å². The fourth-order valence-electron chi connectivity index (χ4n) is 0.954.